The van der Waals surface area contributed by atoms with Gasteiger partial charge in [-0.3, -0.25) is 9.36 Å². The number of hydrazone groups is 1. The molecular weight excluding hydrogens is 508 g/mol. The molecule has 0 saturated heterocycles. The molecule has 0 spiro atoms. The van der Waals surface area contributed by atoms with Crippen molar-refractivity contribution >= 4 is 41.2 Å². The second kappa shape index (κ2) is 12.4. The Kier molecular flexibility index (Phi) is 8.81. The number of carbonyl (C=O) groups is 1. The minimum absolute atomic E-state index is 0.254. The first-order valence-electron chi connectivity index (χ1n) is 11.6. The van der Waals surface area contributed by atoms with Gasteiger partial charge < -0.3 is 10.1 Å². The Bertz CT molecular complexity index is 1390. The van der Waals surface area contributed by atoms with Crippen LogP contribution >= 0.6 is 23.4 Å². The van der Waals surface area contributed by atoms with Gasteiger partial charge in [-0.2, -0.15) is 5.10 Å². The van der Waals surface area contributed by atoms with E-state index in [0.29, 0.717) is 28.3 Å². The zero-order valence-electron chi connectivity index (χ0n) is 20.7. The van der Waals surface area contributed by atoms with Crippen molar-refractivity contribution in [1.82, 2.24) is 20.2 Å². The zero-order chi connectivity index (χ0) is 26.2. The van der Waals surface area contributed by atoms with Crippen LogP contribution in [0.3, 0.4) is 0 Å². The normalized spacial score (nSPS) is 11.9. The zero-order valence-corrected chi connectivity index (χ0v) is 22.3. The van der Waals surface area contributed by atoms with E-state index in [1.165, 1.54) is 11.8 Å². The lowest BCUT2D eigenvalue weighted by Gasteiger charge is -2.14. The number of aryl methyl sites for hydroxylation is 1. The number of hydrogen-bond donors (Lipinski definition) is 2. The molecule has 3 aromatic carbocycles. The van der Waals surface area contributed by atoms with E-state index in [1.807, 2.05) is 84.3 Å². The van der Waals surface area contributed by atoms with E-state index in [1.54, 1.807) is 20.2 Å². The smallest absolute Gasteiger partial charge is 0.253 e. The average molecular weight is 535 g/mol. The van der Waals surface area contributed by atoms with Crippen molar-refractivity contribution in [2.24, 2.45) is 5.10 Å². The quantitative estimate of drug-likeness (QED) is 0.159. The number of amides is 1. The number of aromatic nitrogens is 3. The van der Waals surface area contributed by atoms with Crippen LogP contribution < -0.4 is 15.5 Å². The van der Waals surface area contributed by atoms with Gasteiger partial charge in [0.25, 0.3) is 5.91 Å². The predicted molar refractivity (Wildman–Crippen MR) is 149 cm³/mol. The fourth-order valence-electron chi connectivity index (χ4n) is 3.57. The number of ether oxygens (including phenoxy) is 1. The number of carbonyl (C=O) groups excluding carboxylic acids is 1. The molecule has 37 heavy (non-hydrogen) atoms. The Balaban J connectivity index is 1.48. The molecule has 1 unspecified atom stereocenters. The van der Waals surface area contributed by atoms with Crippen molar-refractivity contribution in [3.8, 4) is 11.4 Å². The lowest BCUT2D eigenvalue weighted by molar-refractivity contribution is -0.120. The third kappa shape index (κ3) is 6.69. The number of anilines is 1. The summed E-state index contributed by atoms with van der Waals surface area (Å²) >= 11 is 7.40. The second-order valence-electron chi connectivity index (χ2n) is 8.12. The largest absolute Gasteiger partial charge is 0.496 e. The summed E-state index contributed by atoms with van der Waals surface area (Å²) < 4.78 is 7.26. The molecule has 1 heterocycles. The lowest BCUT2D eigenvalue weighted by atomic mass is 10.2. The summed E-state index contributed by atoms with van der Waals surface area (Å²) in [6.07, 6.45) is 1.56. The maximum atomic E-state index is 12.8. The highest BCUT2D eigenvalue weighted by molar-refractivity contribution is 8.00. The van der Waals surface area contributed by atoms with Crippen LogP contribution in [0.25, 0.3) is 5.69 Å². The van der Waals surface area contributed by atoms with Gasteiger partial charge in [-0.25, -0.2) is 5.43 Å². The van der Waals surface area contributed by atoms with Crippen LogP contribution in [0.5, 0.6) is 5.75 Å². The van der Waals surface area contributed by atoms with E-state index in [4.69, 9.17) is 16.3 Å². The Morgan fingerprint density at radius 1 is 1.14 bits per heavy atom. The fraction of sp³-hybridized carbons (Fsp3) is 0.185. The number of benzene rings is 3. The Morgan fingerprint density at radius 2 is 1.89 bits per heavy atom. The number of para-hydroxylation sites is 2. The molecule has 0 aliphatic rings. The SMILES string of the molecule is COc1ccccc1/C=N/NC(=O)C(C)Sc1nnc(CNc2ccc(Cl)cc2C)n1-c1ccccc1. The highest BCUT2D eigenvalue weighted by Gasteiger charge is 2.21. The van der Waals surface area contributed by atoms with Crippen LogP contribution in [0.1, 0.15) is 23.9 Å². The summed E-state index contributed by atoms with van der Waals surface area (Å²) in [5.41, 5.74) is 6.26. The minimum atomic E-state index is -0.471. The third-order valence-corrected chi connectivity index (χ3v) is 6.79. The monoisotopic (exact) mass is 534 g/mol. The van der Waals surface area contributed by atoms with Gasteiger partial charge in [0.1, 0.15) is 5.75 Å². The molecule has 0 aliphatic heterocycles. The number of thioether (sulfide) groups is 1. The minimum Gasteiger partial charge on any atom is -0.496 e. The Labute approximate surface area is 225 Å². The van der Waals surface area contributed by atoms with Gasteiger partial charge >= 0.3 is 0 Å². The molecular formula is C27H27ClN6O2S. The molecule has 8 nitrogen and oxygen atoms in total. The summed E-state index contributed by atoms with van der Waals surface area (Å²) in [5, 5.41) is 17.1. The molecule has 0 bridgehead atoms. The van der Waals surface area contributed by atoms with Crippen molar-refractivity contribution in [3.63, 3.8) is 0 Å². The molecule has 0 aliphatic carbocycles. The highest BCUT2D eigenvalue weighted by atomic mass is 35.5. The molecule has 4 rings (SSSR count). The highest BCUT2D eigenvalue weighted by Crippen LogP contribution is 2.27. The maximum Gasteiger partial charge on any atom is 0.253 e. The van der Waals surface area contributed by atoms with Crippen LogP contribution in [-0.2, 0) is 11.3 Å². The van der Waals surface area contributed by atoms with Crippen LogP contribution in [0.4, 0.5) is 5.69 Å². The van der Waals surface area contributed by atoms with Crippen LogP contribution in [0.2, 0.25) is 5.02 Å². The topological polar surface area (TPSA) is 93.4 Å². The van der Waals surface area contributed by atoms with Gasteiger partial charge in [0.2, 0.25) is 0 Å². The van der Waals surface area contributed by atoms with Crippen molar-refractivity contribution in [3.05, 3.63) is 94.8 Å². The van der Waals surface area contributed by atoms with Crippen LogP contribution in [0, 0.1) is 6.92 Å². The van der Waals surface area contributed by atoms with E-state index < -0.39 is 5.25 Å². The number of nitrogens with one attached hydrogen (secondary N) is 2. The average Bonchev–Trinajstić information content (AvgIpc) is 3.31. The van der Waals surface area contributed by atoms with Crippen LogP contribution in [-0.4, -0.2) is 39.2 Å². The molecule has 4 aromatic rings. The van der Waals surface area contributed by atoms with E-state index in [9.17, 15) is 4.79 Å². The molecule has 0 saturated carbocycles. The third-order valence-electron chi connectivity index (χ3n) is 5.51. The molecule has 0 radical (unpaired) electrons. The molecule has 1 amide bonds. The van der Waals surface area contributed by atoms with Crippen LogP contribution in [0.15, 0.2) is 83.1 Å². The first kappa shape index (κ1) is 26.2. The summed E-state index contributed by atoms with van der Waals surface area (Å²) in [5.74, 6) is 1.13. The lowest BCUT2D eigenvalue weighted by Crippen LogP contribution is -2.27. The summed E-state index contributed by atoms with van der Waals surface area (Å²) in [4.78, 5) is 12.8. The number of rotatable bonds is 10. The van der Waals surface area contributed by atoms with E-state index in [-0.39, 0.29) is 5.91 Å². The number of nitrogens with zero attached hydrogens (tertiary/aromatic N) is 4. The molecule has 1 atom stereocenters. The van der Waals surface area contributed by atoms with Gasteiger partial charge in [0.15, 0.2) is 11.0 Å². The predicted octanol–water partition coefficient (Wildman–Crippen LogP) is 5.48. The van der Waals surface area contributed by atoms with E-state index in [0.717, 1.165) is 22.5 Å². The number of hydrogen-bond acceptors (Lipinski definition) is 7. The molecule has 190 valence electrons. The summed E-state index contributed by atoms with van der Waals surface area (Å²) in [6, 6.07) is 22.9. The second-order valence-corrected chi connectivity index (χ2v) is 9.86. The van der Waals surface area contributed by atoms with Crippen molar-refractivity contribution in [2.75, 3.05) is 12.4 Å². The molecule has 2 N–H and O–H groups in total. The summed E-state index contributed by atoms with van der Waals surface area (Å²) in [6.45, 7) is 4.24. The van der Waals surface area contributed by atoms with E-state index >= 15 is 0 Å². The Hall–Kier alpha value is -3.82. The van der Waals surface area contributed by atoms with Crippen molar-refractivity contribution < 1.29 is 9.53 Å². The van der Waals surface area contributed by atoms with E-state index in [2.05, 4.69) is 26.0 Å². The maximum absolute atomic E-state index is 12.8. The standard InChI is InChI=1S/C27H27ClN6O2S/c1-18-15-21(28)13-14-23(18)29-17-25-31-33-27(34(25)22-10-5-4-6-11-22)37-19(2)26(35)32-30-16-20-9-7-8-12-24(20)36-3/h4-16,19,29H,17H2,1-3H3,(H,32,35)/b30-16+. The van der Waals surface area contributed by atoms with Gasteiger partial charge in [-0.1, -0.05) is 53.7 Å². The first-order chi connectivity index (χ1) is 18.0. The van der Waals surface area contributed by atoms with Crippen molar-refractivity contribution in [2.45, 2.75) is 30.8 Å². The van der Waals surface area contributed by atoms with Gasteiger partial charge in [0, 0.05) is 22.0 Å². The fourth-order valence-corrected chi connectivity index (χ4v) is 4.68. The van der Waals surface area contributed by atoms with Gasteiger partial charge in [-0.05, 0) is 61.9 Å². The number of methoxy groups -OCH3 is 1. The van der Waals surface area contributed by atoms with Gasteiger partial charge in [-0.15, -0.1) is 10.2 Å². The Morgan fingerprint density at radius 3 is 2.65 bits per heavy atom. The first-order valence-corrected chi connectivity index (χ1v) is 12.8. The molecule has 10 heteroatoms. The summed E-state index contributed by atoms with van der Waals surface area (Å²) in [7, 11) is 1.59. The number of halogens is 1. The molecule has 0 fully saturated rings. The van der Waals surface area contributed by atoms with Gasteiger partial charge in [0.05, 0.1) is 25.1 Å². The van der Waals surface area contributed by atoms with Crippen molar-refractivity contribution in [1.29, 1.82) is 0 Å². The molecule has 1 aromatic heterocycles.